The summed E-state index contributed by atoms with van der Waals surface area (Å²) in [7, 11) is 0. The molecule has 9 nitrogen and oxygen atoms in total. The van der Waals surface area contributed by atoms with Crippen LogP contribution in [0.1, 0.15) is 84.1 Å². The molecule has 0 saturated carbocycles. The normalized spacial score (nSPS) is 15.3. The van der Waals surface area contributed by atoms with Crippen molar-refractivity contribution < 1.29 is 37.4 Å². The lowest BCUT2D eigenvalue weighted by Gasteiger charge is -2.32. The van der Waals surface area contributed by atoms with Crippen LogP contribution < -0.4 is 0 Å². The van der Waals surface area contributed by atoms with Gasteiger partial charge in [0.05, 0.1) is 23.8 Å². The lowest BCUT2D eigenvalue weighted by molar-refractivity contribution is -0.134. The molecule has 1 fully saturated rings. The number of aromatic nitrogens is 2. The Bertz CT molecular complexity index is 1500. The van der Waals surface area contributed by atoms with Gasteiger partial charge in [0.2, 0.25) is 5.91 Å². The van der Waals surface area contributed by atoms with Crippen molar-refractivity contribution in [3.8, 4) is 11.4 Å². The van der Waals surface area contributed by atoms with Crippen LogP contribution in [-0.2, 0) is 20.7 Å². The van der Waals surface area contributed by atoms with Crippen LogP contribution in [0.25, 0.3) is 11.4 Å². The van der Waals surface area contributed by atoms with E-state index in [9.17, 15) is 28.0 Å². The predicted molar refractivity (Wildman–Crippen MR) is 148 cm³/mol. The van der Waals surface area contributed by atoms with Crippen LogP contribution in [0.3, 0.4) is 0 Å². The molecule has 11 heteroatoms. The monoisotopic (exact) mass is 579 g/mol. The summed E-state index contributed by atoms with van der Waals surface area (Å²) in [4.78, 5) is 59.9. The fraction of sp³-hybridized carbons (Fsp3) is 0.355. The van der Waals surface area contributed by atoms with Gasteiger partial charge in [-0.2, -0.15) is 0 Å². The summed E-state index contributed by atoms with van der Waals surface area (Å²) < 4.78 is 39.6. The molecular formula is C31H31F2N3O6. The van der Waals surface area contributed by atoms with E-state index in [0.717, 1.165) is 17.0 Å². The third kappa shape index (κ3) is 6.67. The van der Waals surface area contributed by atoms with Gasteiger partial charge in [-0.15, -0.1) is 0 Å². The summed E-state index contributed by atoms with van der Waals surface area (Å²) in [6.45, 7) is 7.08. The molecule has 1 aliphatic heterocycles. The molecule has 42 heavy (non-hydrogen) atoms. The van der Waals surface area contributed by atoms with Crippen molar-refractivity contribution in [1.82, 2.24) is 14.9 Å². The smallest absolute Gasteiger partial charge is 0.417 e. The largest absolute Gasteiger partial charge is 0.462 e. The lowest BCUT2D eigenvalue weighted by atomic mass is 9.89. The summed E-state index contributed by atoms with van der Waals surface area (Å²) in [5, 5.41) is 0. The number of hydrogen-bond donors (Lipinski definition) is 0. The third-order valence-corrected chi connectivity index (χ3v) is 6.60. The molecule has 2 aromatic carbocycles. The minimum atomic E-state index is -0.927. The Labute approximate surface area is 241 Å². The second-order valence-corrected chi connectivity index (χ2v) is 10.8. The summed E-state index contributed by atoms with van der Waals surface area (Å²) in [5.74, 6) is -3.99. The molecule has 0 spiro atoms. The van der Waals surface area contributed by atoms with E-state index in [2.05, 4.69) is 9.97 Å². The first kappa shape index (κ1) is 30.4. The second-order valence-electron chi connectivity index (χ2n) is 10.8. The van der Waals surface area contributed by atoms with Gasteiger partial charge in [0.1, 0.15) is 28.5 Å². The zero-order valence-corrected chi connectivity index (χ0v) is 23.8. The van der Waals surface area contributed by atoms with Crippen LogP contribution in [0.2, 0.25) is 0 Å². The maximum atomic E-state index is 14.6. The van der Waals surface area contributed by atoms with Gasteiger partial charge in [0.25, 0.3) is 0 Å². The number of hydrogen-bond acceptors (Lipinski definition) is 8. The van der Waals surface area contributed by atoms with Crippen molar-refractivity contribution in [1.29, 1.82) is 0 Å². The number of rotatable bonds is 7. The summed E-state index contributed by atoms with van der Waals surface area (Å²) in [6.07, 6.45) is 0.788. The summed E-state index contributed by atoms with van der Waals surface area (Å²) in [6, 6.07) is 10.2. The highest BCUT2D eigenvalue weighted by atomic mass is 19.1. The zero-order chi connectivity index (χ0) is 30.6. The van der Waals surface area contributed by atoms with Crippen LogP contribution in [0.5, 0.6) is 0 Å². The SMILES string of the molecule is CCOC(=O)c1c(C=O)nc(-c2c(F)cccc2F)nc1Cc1ccc(C2CCCN(C(=O)OC(C)(C)C)C2=O)cc1. The fourth-order valence-corrected chi connectivity index (χ4v) is 4.73. The van der Waals surface area contributed by atoms with E-state index >= 15 is 0 Å². The molecule has 1 aromatic heterocycles. The molecule has 4 rings (SSSR count). The Morgan fingerprint density at radius 3 is 2.33 bits per heavy atom. The highest BCUT2D eigenvalue weighted by molar-refractivity contribution is 5.99. The van der Waals surface area contributed by atoms with Crippen LogP contribution in [-0.4, -0.2) is 57.9 Å². The highest BCUT2D eigenvalue weighted by Gasteiger charge is 2.36. The minimum absolute atomic E-state index is 0.0104. The number of halogens is 2. The van der Waals surface area contributed by atoms with Gasteiger partial charge in [-0.05, 0) is 63.8 Å². The molecule has 2 heterocycles. The number of nitrogens with zero attached hydrogens (tertiary/aromatic N) is 3. The van der Waals surface area contributed by atoms with Crippen LogP contribution in [0, 0.1) is 11.6 Å². The van der Waals surface area contributed by atoms with Gasteiger partial charge < -0.3 is 9.47 Å². The molecule has 1 atom stereocenters. The van der Waals surface area contributed by atoms with E-state index in [1.54, 1.807) is 52.0 Å². The number of ether oxygens (including phenoxy) is 2. The van der Waals surface area contributed by atoms with E-state index < -0.39 is 40.8 Å². The number of benzene rings is 2. The second kappa shape index (κ2) is 12.5. The number of imide groups is 1. The topological polar surface area (TPSA) is 116 Å². The van der Waals surface area contributed by atoms with Gasteiger partial charge in [-0.1, -0.05) is 30.3 Å². The average Bonchev–Trinajstić information content (AvgIpc) is 2.92. The van der Waals surface area contributed by atoms with Crippen molar-refractivity contribution in [2.75, 3.05) is 13.2 Å². The van der Waals surface area contributed by atoms with E-state index in [-0.39, 0.29) is 48.3 Å². The first-order chi connectivity index (χ1) is 19.9. The van der Waals surface area contributed by atoms with Gasteiger partial charge in [0, 0.05) is 13.0 Å². The molecule has 0 aliphatic carbocycles. The van der Waals surface area contributed by atoms with Crippen molar-refractivity contribution in [2.45, 2.75) is 58.5 Å². The maximum absolute atomic E-state index is 14.6. The molecule has 0 radical (unpaired) electrons. The van der Waals surface area contributed by atoms with Gasteiger partial charge in [0.15, 0.2) is 12.1 Å². The van der Waals surface area contributed by atoms with Crippen LogP contribution >= 0.6 is 0 Å². The Morgan fingerprint density at radius 2 is 1.74 bits per heavy atom. The van der Waals surface area contributed by atoms with E-state index in [4.69, 9.17) is 9.47 Å². The maximum Gasteiger partial charge on any atom is 0.417 e. The quantitative estimate of drug-likeness (QED) is 0.261. The first-order valence-electron chi connectivity index (χ1n) is 13.5. The highest BCUT2D eigenvalue weighted by Crippen LogP contribution is 2.31. The molecule has 220 valence electrons. The van der Waals surface area contributed by atoms with Crippen molar-refractivity contribution in [3.05, 3.63) is 82.2 Å². The van der Waals surface area contributed by atoms with E-state index in [0.29, 0.717) is 30.3 Å². The zero-order valence-electron chi connectivity index (χ0n) is 23.8. The number of carbonyl (C=O) groups is 4. The number of amides is 2. The average molecular weight is 580 g/mol. The lowest BCUT2D eigenvalue weighted by Crippen LogP contribution is -2.46. The van der Waals surface area contributed by atoms with Gasteiger partial charge in [-0.3, -0.25) is 9.59 Å². The molecule has 0 bridgehead atoms. The number of aldehydes is 1. The first-order valence-corrected chi connectivity index (χ1v) is 13.5. The van der Waals surface area contributed by atoms with Crippen LogP contribution in [0.4, 0.5) is 13.6 Å². The van der Waals surface area contributed by atoms with Crippen molar-refractivity contribution in [2.24, 2.45) is 0 Å². The minimum Gasteiger partial charge on any atom is -0.462 e. The molecule has 1 saturated heterocycles. The standard InChI is InChI=1S/C31H31F2N3O6/c1-5-41-29(39)26-23(34-27(35-24(26)17-37)25-21(32)9-6-10-22(25)33)16-18-11-13-19(14-12-18)20-8-7-15-36(28(20)38)30(40)42-31(2,3)4/h6,9-14,17,20H,5,7-8,15-16H2,1-4H3. The van der Waals surface area contributed by atoms with Gasteiger partial charge in [-0.25, -0.2) is 33.2 Å². The number of carbonyl (C=O) groups excluding carboxylic acids is 4. The Balaban J connectivity index is 1.67. The molecular weight excluding hydrogens is 548 g/mol. The Hall–Kier alpha value is -4.54. The molecule has 3 aromatic rings. The Morgan fingerprint density at radius 1 is 1.07 bits per heavy atom. The summed E-state index contributed by atoms with van der Waals surface area (Å²) >= 11 is 0. The number of piperidine rings is 1. The number of esters is 1. The third-order valence-electron chi connectivity index (χ3n) is 6.60. The van der Waals surface area contributed by atoms with Gasteiger partial charge >= 0.3 is 12.1 Å². The summed E-state index contributed by atoms with van der Waals surface area (Å²) in [5.41, 5.74) is -0.467. The van der Waals surface area contributed by atoms with E-state index in [1.807, 2.05) is 0 Å². The number of likely N-dealkylation sites (tertiary alicyclic amines) is 1. The van der Waals surface area contributed by atoms with E-state index in [1.165, 1.54) is 6.07 Å². The molecule has 2 amide bonds. The molecule has 0 N–H and O–H groups in total. The fourth-order valence-electron chi connectivity index (χ4n) is 4.73. The predicted octanol–water partition coefficient (Wildman–Crippen LogP) is 5.64. The van der Waals surface area contributed by atoms with Crippen molar-refractivity contribution >= 4 is 24.3 Å². The molecule has 1 unspecified atom stereocenters. The van der Waals surface area contributed by atoms with Crippen LogP contribution in [0.15, 0.2) is 42.5 Å². The van der Waals surface area contributed by atoms with Crippen molar-refractivity contribution in [3.63, 3.8) is 0 Å². The molecule has 1 aliphatic rings. The Kier molecular flexibility index (Phi) is 9.08.